The van der Waals surface area contributed by atoms with Crippen molar-refractivity contribution in [3.05, 3.63) is 28.8 Å². The Kier molecular flexibility index (Phi) is 3.15. The maximum absolute atomic E-state index is 12.6. The zero-order valence-corrected chi connectivity index (χ0v) is 10.5. The van der Waals surface area contributed by atoms with Crippen LogP contribution in [0.25, 0.3) is 0 Å². The summed E-state index contributed by atoms with van der Waals surface area (Å²) < 4.78 is 25.1. The van der Waals surface area contributed by atoms with Gasteiger partial charge < -0.3 is 0 Å². The molecule has 0 fully saturated rings. The van der Waals surface area contributed by atoms with Gasteiger partial charge in [0.2, 0.25) is 0 Å². The fraction of sp³-hybridized carbons (Fsp3) is 0.385. The molecule has 96 valence electrons. The number of rotatable bonds is 2. The van der Waals surface area contributed by atoms with Crippen LogP contribution >= 0.6 is 0 Å². The third-order valence-corrected chi connectivity index (χ3v) is 2.90. The Labute approximate surface area is 104 Å². The first-order chi connectivity index (χ1) is 8.40. The Morgan fingerprint density at radius 1 is 1.22 bits per heavy atom. The number of benzene rings is 1. The van der Waals surface area contributed by atoms with E-state index in [9.17, 15) is 13.6 Å². The smallest absolute Gasteiger partial charge is 0.272 e. The number of aryl methyl sites for hydroxylation is 3. The Balaban J connectivity index is 2.47. The number of nitrogens with zero attached hydrogens (tertiary/aromatic N) is 2. The first-order valence-electron chi connectivity index (χ1n) is 5.66. The number of carbonyl (C=O) groups is 1. The molecule has 0 radical (unpaired) electrons. The highest BCUT2D eigenvalue weighted by molar-refractivity contribution is 6.14. The maximum atomic E-state index is 12.6. The predicted octanol–water partition coefficient (Wildman–Crippen LogP) is 2.97. The number of hydrogen-bond acceptors (Lipinski definition) is 2. The van der Waals surface area contributed by atoms with Crippen LogP contribution < -0.4 is 5.01 Å². The fourth-order valence-corrected chi connectivity index (χ4v) is 2.25. The molecular weight excluding hydrogens is 238 g/mol. The largest absolute Gasteiger partial charge is 0.278 e. The second-order valence-corrected chi connectivity index (χ2v) is 4.52. The van der Waals surface area contributed by atoms with Gasteiger partial charge in [-0.05, 0) is 31.9 Å². The van der Waals surface area contributed by atoms with Crippen molar-refractivity contribution < 1.29 is 13.6 Å². The highest BCUT2D eigenvalue weighted by Gasteiger charge is 2.31. The monoisotopic (exact) mass is 252 g/mol. The molecule has 0 unspecified atom stereocenters. The van der Waals surface area contributed by atoms with E-state index in [1.165, 1.54) is 0 Å². The molecule has 1 heterocycles. The second kappa shape index (κ2) is 4.48. The van der Waals surface area contributed by atoms with Gasteiger partial charge in [-0.3, -0.25) is 4.79 Å². The third-order valence-electron chi connectivity index (χ3n) is 2.90. The van der Waals surface area contributed by atoms with E-state index in [1.54, 1.807) is 0 Å². The first kappa shape index (κ1) is 12.7. The highest BCUT2D eigenvalue weighted by Crippen LogP contribution is 2.30. The molecule has 3 nitrogen and oxygen atoms in total. The lowest BCUT2D eigenvalue weighted by Crippen LogP contribution is -2.21. The molecule has 0 bridgehead atoms. The average molecular weight is 252 g/mol. The van der Waals surface area contributed by atoms with Crippen LogP contribution in [-0.2, 0) is 4.79 Å². The molecule has 1 amide bonds. The van der Waals surface area contributed by atoms with E-state index in [4.69, 9.17) is 0 Å². The first-order valence-corrected chi connectivity index (χ1v) is 5.66. The average Bonchev–Trinajstić information content (AvgIpc) is 2.59. The van der Waals surface area contributed by atoms with Crippen LogP contribution in [0.15, 0.2) is 17.2 Å². The van der Waals surface area contributed by atoms with E-state index >= 15 is 0 Å². The van der Waals surface area contributed by atoms with Crippen molar-refractivity contribution >= 4 is 17.3 Å². The van der Waals surface area contributed by atoms with Crippen molar-refractivity contribution in [3.8, 4) is 0 Å². The lowest BCUT2D eigenvalue weighted by atomic mass is 10.0. The lowest BCUT2D eigenvalue weighted by Gasteiger charge is -2.18. The number of halogens is 2. The van der Waals surface area contributed by atoms with Crippen LogP contribution in [0.2, 0.25) is 0 Å². The summed E-state index contributed by atoms with van der Waals surface area (Å²) in [6, 6.07) is 3.82. The number of amides is 1. The van der Waals surface area contributed by atoms with E-state index in [-0.39, 0.29) is 12.1 Å². The molecule has 18 heavy (non-hydrogen) atoms. The molecule has 0 aliphatic carbocycles. The zero-order valence-electron chi connectivity index (χ0n) is 10.5. The van der Waals surface area contributed by atoms with Gasteiger partial charge in [-0.2, -0.15) is 10.1 Å². The molecule has 1 aromatic carbocycles. The van der Waals surface area contributed by atoms with Crippen LogP contribution in [0, 0.1) is 20.8 Å². The maximum Gasteiger partial charge on any atom is 0.278 e. The standard InChI is InChI=1S/C13H14F2N2O/c1-7-4-8(2)12(9(3)5-7)17-11(18)6-10(16-17)13(14)15/h4-5,13H,6H2,1-3H3. The molecule has 0 saturated carbocycles. The summed E-state index contributed by atoms with van der Waals surface area (Å²) in [4.78, 5) is 11.8. The van der Waals surface area contributed by atoms with Crippen LogP contribution in [0.4, 0.5) is 14.5 Å². The Hall–Kier alpha value is -1.78. The van der Waals surface area contributed by atoms with Gasteiger partial charge in [0.15, 0.2) is 0 Å². The Bertz CT molecular complexity index is 515. The lowest BCUT2D eigenvalue weighted by molar-refractivity contribution is -0.117. The molecule has 0 N–H and O–H groups in total. The van der Waals surface area contributed by atoms with Crippen LogP contribution in [0.5, 0.6) is 0 Å². The molecular formula is C13H14F2N2O. The van der Waals surface area contributed by atoms with Crippen molar-refractivity contribution in [2.24, 2.45) is 5.10 Å². The van der Waals surface area contributed by atoms with E-state index in [0.29, 0.717) is 5.69 Å². The summed E-state index contributed by atoms with van der Waals surface area (Å²) in [5, 5.41) is 4.84. The minimum atomic E-state index is -2.68. The number of alkyl halides is 2. The molecule has 0 aromatic heterocycles. The minimum absolute atomic E-state index is 0.301. The van der Waals surface area contributed by atoms with Crippen molar-refractivity contribution in [2.45, 2.75) is 33.6 Å². The summed E-state index contributed by atoms with van der Waals surface area (Å²) in [7, 11) is 0. The summed E-state index contributed by atoms with van der Waals surface area (Å²) in [5.41, 5.74) is 3.04. The van der Waals surface area contributed by atoms with Gasteiger partial charge in [0, 0.05) is 0 Å². The zero-order chi connectivity index (χ0) is 13.4. The quantitative estimate of drug-likeness (QED) is 0.796. The van der Waals surface area contributed by atoms with Crippen molar-refractivity contribution in [2.75, 3.05) is 5.01 Å². The normalized spacial score (nSPS) is 15.6. The van der Waals surface area contributed by atoms with Crippen molar-refractivity contribution in [3.63, 3.8) is 0 Å². The molecule has 0 spiro atoms. The van der Waals surface area contributed by atoms with Crippen LogP contribution in [-0.4, -0.2) is 18.0 Å². The number of hydrogen-bond donors (Lipinski definition) is 0. The van der Waals surface area contributed by atoms with Crippen LogP contribution in [0.3, 0.4) is 0 Å². The summed E-state index contributed by atoms with van der Waals surface area (Å²) >= 11 is 0. The molecule has 0 atom stereocenters. The molecule has 2 rings (SSSR count). The van der Waals surface area contributed by atoms with E-state index in [2.05, 4.69) is 5.10 Å². The Morgan fingerprint density at radius 3 is 2.22 bits per heavy atom. The fourth-order valence-electron chi connectivity index (χ4n) is 2.25. The highest BCUT2D eigenvalue weighted by atomic mass is 19.3. The number of anilines is 1. The number of hydrazone groups is 1. The third kappa shape index (κ3) is 2.12. The molecule has 1 aromatic rings. The second-order valence-electron chi connectivity index (χ2n) is 4.52. The summed E-state index contributed by atoms with van der Waals surface area (Å²) in [5.74, 6) is -0.402. The van der Waals surface area contributed by atoms with Gasteiger partial charge in [-0.15, -0.1) is 0 Å². The molecule has 0 saturated heterocycles. The minimum Gasteiger partial charge on any atom is -0.272 e. The van der Waals surface area contributed by atoms with Crippen molar-refractivity contribution in [1.82, 2.24) is 0 Å². The molecule has 1 aliphatic heterocycles. The van der Waals surface area contributed by atoms with Gasteiger partial charge in [0.25, 0.3) is 12.3 Å². The Morgan fingerprint density at radius 2 is 1.78 bits per heavy atom. The van der Waals surface area contributed by atoms with Gasteiger partial charge in [-0.1, -0.05) is 17.7 Å². The SMILES string of the molecule is Cc1cc(C)c(N2N=C(C(F)F)CC2=O)c(C)c1. The van der Waals surface area contributed by atoms with Crippen molar-refractivity contribution in [1.29, 1.82) is 0 Å². The van der Waals surface area contributed by atoms with E-state index < -0.39 is 12.3 Å². The number of carbonyl (C=O) groups excluding carboxylic acids is 1. The van der Waals surface area contributed by atoms with E-state index in [0.717, 1.165) is 21.7 Å². The van der Waals surface area contributed by atoms with Gasteiger partial charge >= 0.3 is 0 Å². The molecule has 1 aliphatic rings. The van der Waals surface area contributed by atoms with Crippen LogP contribution in [0.1, 0.15) is 23.1 Å². The van der Waals surface area contributed by atoms with Gasteiger partial charge in [0.05, 0.1) is 12.1 Å². The van der Waals surface area contributed by atoms with Gasteiger partial charge in [0.1, 0.15) is 5.71 Å². The molecule has 5 heteroatoms. The predicted molar refractivity (Wildman–Crippen MR) is 66.2 cm³/mol. The summed E-state index contributed by atoms with van der Waals surface area (Å²) in [6.45, 7) is 5.64. The van der Waals surface area contributed by atoms with E-state index in [1.807, 2.05) is 32.9 Å². The van der Waals surface area contributed by atoms with Gasteiger partial charge in [-0.25, -0.2) is 8.78 Å². The topological polar surface area (TPSA) is 32.7 Å². The summed E-state index contributed by atoms with van der Waals surface area (Å²) in [6.07, 6.45) is -2.98.